The van der Waals surface area contributed by atoms with Crippen LogP contribution in [0, 0.1) is 5.92 Å². The van der Waals surface area contributed by atoms with Gasteiger partial charge in [0.1, 0.15) is 17.9 Å². The maximum absolute atomic E-state index is 13.0. The van der Waals surface area contributed by atoms with E-state index in [1.54, 1.807) is 17.0 Å². The third-order valence-corrected chi connectivity index (χ3v) is 6.04. The molecule has 1 aromatic rings. The zero-order valence-electron chi connectivity index (χ0n) is 16.9. The monoisotopic (exact) mass is 399 g/mol. The average molecular weight is 399 g/mol. The van der Waals surface area contributed by atoms with Gasteiger partial charge in [-0.2, -0.15) is 0 Å². The van der Waals surface area contributed by atoms with E-state index in [4.69, 9.17) is 4.74 Å². The van der Waals surface area contributed by atoms with Gasteiger partial charge in [-0.1, -0.05) is 13.0 Å². The van der Waals surface area contributed by atoms with E-state index in [9.17, 15) is 14.4 Å². The summed E-state index contributed by atoms with van der Waals surface area (Å²) in [6.45, 7) is 4.38. The van der Waals surface area contributed by atoms with E-state index < -0.39 is 6.04 Å². The number of hydrogen-bond donors (Lipinski definition) is 1. The lowest BCUT2D eigenvalue weighted by atomic mass is 10.1. The van der Waals surface area contributed by atoms with Crippen molar-refractivity contribution >= 4 is 17.7 Å². The van der Waals surface area contributed by atoms with E-state index >= 15 is 0 Å². The number of hydrogen-bond acceptors (Lipinski definition) is 4. The van der Waals surface area contributed by atoms with Crippen molar-refractivity contribution in [3.63, 3.8) is 0 Å². The second-order valence-corrected chi connectivity index (χ2v) is 8.16. The summed E-state index contributed by atoms with van der Waals surface area (Å²) in [5, 5.41) is 2.82. The van der Waals surface area contributed by atoms with Crippen LogP contribution in [0.15, 0.2) is 24.3 Å². The minimum atomic E-state index is -0.422. The minimum absolute atomic E-state index is 0.0489. The summed E-state index contributed by atoms with van der Waals surface area (Å²) < 4.78 is 6.12. The molecule has 1 aromatic carbocycles. The Labute approximate surface area is 171 Å². The summed E-state index contributed by atoms with van der Waals surface area (Å²) in [5.74, 6) is 0.998. The smallest absolute Gasteiger partial charge is 0.254 e. The first-order valence-corrected chi connectivity index (χ1v) is 10.7. The molecule has 1 aliphatic carbocycles. The maximum atomic E-state index is 13.0. The molecule has 0 unspecified atom stereocenters. The molecule has 0 bridgehead atoms. The van der Waals surface area contributed by atoms with Gasteiger partial charge in [-0.05, 0) is 37.5 Å². The van der Waals surface area contributed by atoms with Crippen molar-refractivity contribution in [1.29, 1.82) is 0 Å². The quantitative estimate of drug-likeness (QED) is 0.819. The predicted molar refractivity (Wildman–Crippen MR) is 108 cm³/mol. The van der Waals surface area contributed by atoms with Gasteiger partial charge in [0, 0.05) is 50.5 Å². The van der Waals surface area contributed by atoms with E-state index in [-0.39, 0.29) is 23.8 Å². The standard InChI is InChI=1S/C22H29N3O4/c1-2-19-20(26)23-10-13-25(19)22(28)16-4-3-5-18(14-16)29-17-8-11-24(12-9-17)21(27)15-6-7-15/h3-5,14-15,17,19H,2,6-13H2,1H3,(H,23,26)/t19-/m0/s1. The molecule has 7 heteroatoms. The lowest BCUT2D eigenvalue weighted by Gasteiger charge is -2.34. The van der Waals surface area contributed by atoms with Crippen molar-refractivity contribution in [2.24, 2.45) is 5.92 Å². The molecular formula is C22H29N3O4. The van der Waals surface area contributed by atoms with Crippen LogP contribution in [0.4, 0.5) is 0 Å². The Morgan fingerprint density at radius 2 is 1.90 bits per heavy atom. The highest BCUT2D eigenvalue weighted by molar-refractivity contribution is 5.98. The minimum Gasteiger partial charge on any atom is -0.490 e. The van der Waals surface area contributed by atoms with E-state index in [0.717, 1.165) is 38.8 Å². The van der Waals surface area contributed by atoms with Gasteiger partial charge < -0.3 is 19.9 Å². The van der Waals surface area contributed by atoms with Gasteiger partial charge in [-0.3, -0.25) is 14.4 Å². The topological polar surface area (TPSA) is 79.0 Å². The number of amides is 3. The Morgan fingerprint density at radius 1 is 1.14 bits per heavy atom. The van der Waals surface area contributed by atoms with E-state index in [0.29, 0.717) is 36.7 Å². The second-order valence-electron chi connectivity index (χ2n) is 8.16. The van der Waals surface area contributed by atoms with Crippen molar-refractivity contribution < 1.29 is 19.1 Å². The molecule has 0 radical (unpaired) electrons. The fourth-order valence-corrected chi connectivity index (χ4v) is 4.21. The highest BCUT2D eigenvalue weighted by atomic mass is 16.5. The van der Waals surface area contributed by atoms with Gasteiger partial charge in [-0.25, -0.2) is 0 Å². The molecule has 2 aliphatic heterocycles. The lowest BCUT2D eigenvalue weighted by Crippen LogP contribution is -2.56. The van der Waals surface area contributed by atoms with Crippen molar-refractivity contribution in [3.05, 3.63) is 29.8 Å². The SMILES string of the molecule is CC[C@H]1C(=O)NCCN1C(=O)c1cccc(OC2CCN(C(=O)C3CC3)CC2)c1. The van der Waals surface area contributed by atoms with Crippen LogP contribution in [-0.4, -0.2) is 65.8 Å². The van der Waals surface area contributed by atoms with Crippen molar-refractivity contribution in [1.82, 2.24) is 15.1 Å². The molecular weight excluding hydrogens is 370 g/mol. The third kappa shape index (κ3) is 4.38. The van der Waals surface area contributed by atoms with E-state index in [2.05, 4.69) is 5.32 Å². The molecule has 3 aliphatic rings. The molecule has 1 N–H and O–H groups in total. The summed E-state index contributed by atoms with van der Waals surface area (Å²) in [6, 6.07) is 6.79. The van der Waals surface area contributed by atoms with Crippen LogP contribution in [0.25, 0.3) is 0 Å². The van der Waals surface area contributed by atoms with Gasteiger partial charge in [0.05, 0.1) is 0 Å². The van der Waals surface area contributed by atoms with Gasteiger partial charge in [0.2, 0.25) is 11.8 Å². The van der Waals surface area contributed by atoms with Gasteiger partial charge >= 0.3 is 0 Å². The Kier molecular flexibility index (Phi) is 5.74. The number of nitrogens with zero attached hydrogens (tertiary/aromatic N) is 2. The largest absolute Gasteiger partial charge is 0.490 e. The number of piperazine rings is 1. The highest BCUT2D eigenvalue weighted by Crippen LogP contribution is 2.32. The number of piperidine rings is 1. The lowest BCUT2D eigenvalue weighted by molar-refractivity contribution is -0.134. The summed E-state index contributed by atoms with van der Waals surface area (Å²) in [5.41, 5.74) is 0.539. The number of rotatable bonds is 5. The van der Waals surface area contributed by atoms with Crippen molar-refractivity contribution in [3.8, 4) is 5.75 Å². The van der Waals surface area contributed by atoms with E-state index in [1.165, 1.54) is 0 Å². The fourth-order valence-electron chi connectivity index (χ4n) is 4.21. The number of ether oxygens (including phenoxy) is 1. The number of benzene rings is 1. The Hall–Kier alpha value is -2.57. The highest BCUT2D eigenvalue weighted by Gasteiger charge is 2.35. The van der Waals surface area contributed by atoms with Crippen molar-refractivity contribution in [2.45, 2.75) is 51.2 Å². The summed E-state index contributed by atoms with van der Waals surface area (Å²) in [6.07, 6.45) is 4.32. The third-order valence-electron chi connectivity index (χ3n) is 6.04. The van der Waals surface area contributed by atoms with Gasteiger partial charge in [-0.15, -0.1) is 0 Å². The van der Waals surface area contributed by atoms with Crippen LogP contribution in [-0.2, 0) is 9.59 Å². The molecule has 29 heavy (non-hydrogen) atoms. The van der Waals surface area contributed by atoms with Crippen LogP contribution < -0.4 is 10.1 Å². The molecule has 3 fully saturated rings. The number of carbonyl (C=O) groups is 3. The molecule has 0 aromatic heterocycles. The van der Waals surface area contributed by atoms with Gasteiger partial charge in [0.15, 0.2) is 0 Å². The molecule has 7 nitrogen and oxygen atoms in total. The number of likely N-dealkylation sites (tertiary alicyclic amines) is 1. The summed E-state index contributed by atoms with van der Waals surface area (Å²) in [7, 11) is 0. The van der Waals surface area contributed by atoms with Crippen LogP contribution >= 0.6 is 0 Å². The molecule has 0 spiro atoms. The maximum Gasteiger partial charge on any atom is 0.254 e. The predicted octanol–water partition coefficient (Wildman–Crippen LogP) is 1.82. The Morgan fingerprint density at radius 3 is 2.59 bits per heavy atom. The first-order valence-electron chi connectivity index (χ1n) is 10.7. The Bertz CT molecular complexity index is 784. The van der Waals surface area contributed by atoms with E-state index in [1.807, 2.05) is 24.0 Å². The zero-order valence-corrected chi connectivity index (χ0v) is 16.9. The Balaban J connectivity index is 1.37. The number of carbonyl (C=O) groups excluding carboxylic acids is 3. The summed E-state index contributed by atoms with van der Waals surface area (Å²) in [4.78, 5) is 40.9. The average Bonchev–Trinajstić information content (AvgIpc) is 3.59. The molecule has 4 rings (SSSR count). The van der Waals surface area contributed by atoms with Crippen molar-refractivity contribution in [2.75, 3.05) is 26.2 Å². The fraction of sp³-hybridized carbons (Fsp3) is 0.591. The molecule has 1 atom stereocenters. The van der Waals surface area contributed by atoms with Crippen LogP contribution in [0.5, 0.6) is 5.75 Å². The zero-order chi connectivity index (χ0) is 20.4. The normalized spacial score (nSPS) is 22.9. The first-order chi connectivity index (χ1) is 14.1. The summed E-state index contributed by atoms with van der Waals surface area (Å²) >= 11 is 0. The van der Waals surface area contributed by atoms with Crippen LogP contribution in [0.1, 0.15) is 49.4 Å². The first kappa shape index (κ1) is 19.7. The second kappa shape index (κ2) is 8.43. The number of nitrogens with one attached hydrogen (secondary N) is 1. The van der Waals surface area contributed by atoms with Gasteiger partial charge in [0.25, 0.3) is 5.91 Å². The molecule has 2 heterocycles. The van der Waals surface area contributed by atoms with Crippen LogP contribution in [0.2, 0.25) is 0 Å². The molecule has 2 saturated heterocycles. The van der Waals surface area contributed by atoms with Crippen LogP contribution in [0.3, 0.4) is 0 Å². The molecule has 156 valence electrons. The molecule has 3 amide bonds. The molecule has 1 saturated carbocycles.